The maximum absolute atomic E-state index is 13.6. The van der Waals surface area contributed by atoms with Gasteiger partial charge in [-0.25, -0.2) is 12.8 Å². The van der Waals surface area contributed by atoms with Crippen molar-refractivity contribution in [3.8, 4) is 0 Å². The fourth-order valence-electron chi connectivity index (χ4n) is 3.35. The van der Waals surface area contributed by atoms with E-state index in [1.165, 1.54) is 15.8 Å². The fourth-order valence-corrected chi connectivity index (χ4v) is 4.57. The van der Waals surface area contributed by atoms with Crippen molar-refractivity contribution in [3.05, 3.63) is 76.9 Å². The van der Waals surface area contributed by atoms with Gasteiger partial charge in [-0.05, 0) is 42.5 Å². The number of nitrogens with one attached hydrogen (secondary N) is 1. The third kappa shape index (κ3) is 5.98. The zero-order chi connectivity index (χ0) is 20.7. The van der Waals surface area contributed by atoms with Crippen LogP contribution in [0.25, 0.3) is 6.08 Å². The molecule has 154 valence electrons. The molecule has 1 heterocycles. The zero-order valence-corrected chi connectivity index (χ0v) is 16.9. The van der Waals surface area contributed by atoms with Gasteiger partial charge in [0.15, 0.2) is 0 Å². The van der Waals surface area contributed by atoms with Gasteiger partial charge in [0.05, 0.1) is 0 Å². The molecule has 3 rings (SSSR count). The maximum Gasteiger partial charge on any atom is 0.236 e. The topological polar surface area (TPSA) is 66.5 Å². The molecule has 1 fully saturated rings. The number of sulfonamides is 1. The number of rotatable bonds is 7. The van der Waals surface area contributed by atoms with Crippen LogP contribution in [-0.2, 0) is 21.2 Å². The Morgan fingerprint density at radius 1 is 1.07 bits per heavy atom. The quantitative estimate of drug-likeness (QED) is 0.754. The molecule has 0 aromatic heterocycles. The molecular weight excluding hydrogens is 391 g/mol. The summed E-state index contributed by atoms with van der Waals surface area (Å²) in [6.45, 7) is 0.984. The number of hydrogen-bond acceptors (Lipinski definition) is 3. The van der Waals surface area contributed by atoms with Crippen molar-refractivity contribution in [2.24, 2.45) is 5.92 Å². The molecule has 2 aromatic carbocycles. The molecule has 0 saturated carbocycles. The van der Waals surface area contributed by atoms with Crippen LogP contribution in [-0.4, -0.2) is 38.3 Å². The van der Waals surface area contributed by atoms with Crippen LogP contribution in [0.1, 0.15) is 24.0 Å². The second-order valence-electron chi connectivity index (χ2n) is 7.06. The number of benzene rings is 2. The fraction of sp³-hybridized carbons (Fsp3) is 0.318. The predicted molar refractivity (Wildman–Crippen MR) is 112 cm³/mol. The van der Waals surface area contributed by atoms with Crippen molar-refractivity contribution in [2.75, 3.05) is 19.6 Å². The Morgan fingerprint density at radius 3 is 2.41 bits per heavy atom. The Morgan fingerprint density at radius 2 is 1.72 bits per heavy atom. The molecule has 0 spiro atoms. The molecule has 7 heteroatoms. The SMILES string of the molecule is O=C(NCCc1ccccc1F)C1CCN(S(=O)(=O)/C=C/c2ccccc2)CC1. The molecule has 1 amide bonds. The van der Waals surface area contributed by atoms with Gasteiger partial charge in [0.2, 0.25) is 15.9 Å². The number of nitrogens with zero attached hydrogens (tertiary/aromatic N) is 1. The lowest BCUT2D eigenvalue weighted by molar-refractivity contribution is -0.126. The molecule has 5 nitrogen and oxygen atoms in total. The minimum absolute atomic E-state index is 0.0989. The Balaban J connectivity index is 1.46. The monoisotopic (exact) mass is 416 g/mol. The van der Waals surface area contributed by atoms with Crippen molar-refractivity contribution in [2.45, 2.75) is 19.3 Å². The minimum Gasteiger partial charge on any atom is -0.356 e. The number of carbonyl (C=O) groups excluding carboxylic acids is 1. The van der Waals surface area contributed by atoms with Crippen molar-refractivity contribution >= 4 is 22.0 Å². The Bertz CT molecular complexity index is 953. The Kier molecular flexibility index (Phi) is 7.17. The van der Waals surface area contributed by atoms with Crippen LogP contribution in [0.2, 0.25) is 0 Å². The maximum atomic E-state index is 13.6. The van der Waals surface area contributed by atoms with E-state index < -0.39 is 10.0 Å². The molecule has 0 unspecified atom stereocenters. The van der Waals surface area contributed by atoms with Gasteiger partial charge in [-0.2, -0.15) is 4.31 Å². The van der Waals surface area contributed by atoms with E-state index in [1.54, 1.807) is 24.3 Å². The van der Waals surface area contributed by atoms with Gasteiger partial charge in [-0.3, -0.25) is 4.79 Å². The highest BCUT2D eigenvalue weighted by molar-refractivity contribution is 7.92. The molecule has 0 atom stereocenters. The number of amides is 1. The lowest BCUT2D eigenvalue weighted by Crippen LogP contribution is -2.42. The normalized spacial score (nSPS) is 16.2. The van der Waals surface area contributed by atoms with Crippen LogP contribution >= 0.6 is 0 Å². The van der Waals surface area contributed by atoms with Gasteiger partial charge in [0.1, 0.15) is 5.82 Å². The van der Waals surface area contributed by atoms with Crippen LogP contribution < -0.4 is 5.32 Å². The molecule has 0 radical (unpaired) electrons. The zero-order valence-electron chi connectivity index (χ0n) is 16.1. The van der Waals surface area contributed by atoms with E-state index in [0.29, 0.717) is 44.5 Å². The largest absolute Gasteiger partial charge is 0.356 e. The summed E-state index contributed by atoms with van der Waals surface area (Å²) in [6.07, 6.45) is 2.96. The lowest BCUT2D eigenvalue weighted by Gasteiger charge is -2.29. The van der Waals surface area contributed by atoms with E-state index in [1.807, 2.05) is 30.3 Å². The van der Waals surface area contributed by atoms with Gasteiger partial charge in [0, 0.05) is 31.0 Å². The van der Waals surface area contributed by atoms with Gasteiger partial charge in [-0.1, -0.05) is 48.5 Å². The molecule has 0 bridgehead atoms. The highest BCUT2D eigenvalue weighted by Crippen LogP contribution is 2.21. The van der Waals surface area contributed by atoms with Crippen molar-refractivity contribution in [1.82, 2.24) is 9.62 Å². The van der Waals surface area contributed by atoms with Gasteiger partial charge >= 0.3 is 0 Å². The standard InChI is InChI=1S/C22H25FN2O3S/c23-21-9-5-4-8-19(21)10-14-24-22(26)20-11-15-25(16-12-20)29(27,28)17-13-18-6-2-1-3-7-18/h1-9,13,17,20H,10-12,14-16H2,(H,24,26)/b17-13+. The minimum atomic E-state index is -3.51. The average Bonchev–Trinajstić information content (AvgIpc) is 2.74. The van der Waals surface area contributed by atoms with Crippen LogP contribution in [0.4, 0.5) is 4.39 Å². The first-order chi connectivity index (χ1) is 14.0. The molecule has 1 saturated heterocycles. The smallest absolute Gasteiger partial charge is 0.236 e. The van der Waals surface area contributed by atoms with Gasteiger partial charge in [-0.15, -0.1) is 0 Å². The Labute approximate surface area is 171 Å². The van der Waals surface area contributed by atoms with Crippen molar-refractivity contribution in [3.63, 3.8) is 0 Å². The number of piperidine rings is 1. The van der Waals surface area contributed by atoms with Gasteiger partial charge in [0.25, 0.3) is 0 Å². The molecule has 1 aliphatic rings. The van der Waals surface area contributed by atoms with Crippen molar-refractivity contribution in [1.29, 1.82) is 0 Å². The van der Waals surface area contributed by atoms with E-state index in [2.05, 4.69) is 5.32 Å². The van der Waals surface area contributed by atoms with Gasteiger partial charge < -0.3 is 5.32 Å². The molecule has 29 heavy (non-hydrogen) atoms. The molecule has 1 aliphatic heterocycles. The first-order valence-electron chi connectivity index (χ1n) is 9.70. The molecule has 1 N–H and O–H groups in total. The summed E-state index contributed by atoms with van der Waals surface area (Å²) in [6, 6.07) is 15.8. The second kappa shape index (κ2) is 9.80. The average molecular weight is 417 g/mol. The highest BCUT2D eigenvalue weighted by atomic mass is 32.2. The second-order valence-corrected chi connectivity index (χ2v) is 8.88. The summed E-state index contributed by atoms with van der Waals surface area (Å²) < 4.78 is 40.0. The van der Waals surface area contributed by atoms with E-state index >= 15 is 0 Å². The highest BCUT2D eigenvalue weighted by Gasteiger charge is 2.29. The van der Waals surface area contributed by atoms with Crippen LogP contribution in [0.15, 0.2) is 60.0 Å². The summed E-state index contributed by atoms with van der Waals surface area (Å²) in [5, 5.41) is 4.06. The van der Waals surface area contributed by atoms with Crippen LogP contribution in [0.3, 0.4) is 0 Å². The van der Waals surface area contributed by atoms with E-state index in [0.717, 1.165) is 5.56 Å². The molecule has 2 aromatic rings. The first-order valence-corrected chi connectivity index (χ1v) is 11.2. The third-order valence-corrected chi connectivity index (χ3v) is 6.63. The third-order valence-electron chi connectivity index (χ3n) is 5.07. The van der Waals surface area contributed by atoms with Crippen LogP contribution in [0, 0.1) is 11.7 Å². The summed E-state index contributed by atoms with van der Waals surface area (Å²) in [4.78, 5) is 12.4. The Hall–Kier alpha value is -2.51. The van der Waals surface area contributed by atoms with Crippen LogP contribution in [0.5, 0.6) is 0 Å². The van der Waals surface area contributed by atoms with Crippen molar-refractivity contribution < 1.29 is 17.6 Å². The van der Waals surface area contributed by atoms with E-state index in [-0.39, 0.29) is 17.6 Å². The first kappa shape index (κ1) is 21.2. The molecular formula is C22H25FN2O3S. The summed E-state index contributed by atoms with van der Waals surface area (Å²) in [7, 11) is -3.51. The van der Waals surface area contributed by atoms with E-state index in [4.69, 9.17) is 0 Å². The number of halogens is 1. The summed E-state index contributed by atoms with van der Waals surface area (Å²) in [5.41, 5.74) is 1.39. The molecule has 0 aliphatic carbocycles. The summed E-state index contributed by atoms with van der Waals surface area (Å²) in [5.74, 6) is -0.595. The predicted octanol–water partition coefficient (Wildman–Crippen LogP) is 3.20. The number of carbonyl (C=O) groups is 1. The summed E-state index contributed by atoms with van der Waals surface area (Å²) >= 11 is 0. The number of hydrogen-bond donors (Lipinski definition) is 1. The lowest BCUT2D eigenvalue weighted by atomic mass is 9.97. The van der Waals surface area contributed by atoms with E-state index in [9.17, 15) is 17.6 Å².